The molecule has 1 aromatic carbocycles. The van der Waals surface area contributed by atoms with E-state index in [1.165, 1.54) is 16.6 Å². The number of nitrogens with zero attached hydrogens (tertiary/aromatic N) is 4. The molecule has 4 aromatic rings. The molecule has 0 aliphatic carbocycles. The standard InChI is InChI=1S/C15H12N6O2/c1-20-12-3-2-8(4-9(12)7-17-20)10-6-14(22)21-13(18-10)5-11(19-21)15(16)23/h2-7,19H,1H3,(H2,16,23). The van der Waals surface area contributed by atoms with Crippen LogP contribution in [0.1, 0.15) is 10.5 Å². The quantitative estimate of drug-likeness (QED) is 0.567. The number of hydrogen-bond acceptors (Lipinski definition) is 4. The second-order valence-electron chi connectivity index (χ2n) is 5.25. The molecule has 0 fully saturated rings. The van der Waals surface area contributed by atoms with Gasteiger partial charge in [0.1, 0.15) is 5.69 Å². The van der Waals surface area contributed by atoms with Gasteiger partial charge in [0.25, 0.3) is 11.5 Å². The van der Waals surface area contributed by atoms with E-state index in [0.29, 0.717) is 11.3 Å². The number of fused-ring (bicyclic) bond motifs is 2. The SMILES string of the molecule is Cn1ncc2cc(-c3cc(=O)n4[nH]c(C(N)=O)cc4n3)ccc21. The molecule has 0 aliphatic heterocycles. The molecule has 0 spiro atoms. The number of hydrogen-bond donors (Lipinski definition) is 2. The molecular weight excluding hydrogens is 296 g/mol. The molecule has 4 rings (SSSR count). The molecule has 0 saturated heterocycles. The van der Waals surface area contributed by atoms with Gasteiger partial charge in [-0.2, -0.15) is 5.10 Å². The van der Waals surface area contributed by atoms with Crippen LogP contribution in [0.2, 0.25) is 0 Å². The van der Waals surface area contributed by atoms with E-state index in [9.17, 15) is 9.59 Å². The number of nitrogens with one attached hydrogen (secondary N) is 1. The van der Waals surface area contributed by atoms with Crippen molar-refractivity contribution in [3.05, 3.63) is 52.6 Å². The van der Waals surface area contributed by atoms with Gasteiger partial charge in [0.15, 0.2) is 5.65 Å². The van der Waals surface area contributed by atoms with Gasteiger partial charge in [-0.05, 0) is 12.1 Å². The number of rotatable bonds is 2. The molecule has 0 bridgehead atoms. The monoisotopic (exact) mass is 308 g/mol. The second kappa shape index (κ2) is 4.54. The number of H-pyrrole nitrogens is 1. The number of primary amides is 1. The maximum atomic E-state index is 12.2. The third-order valence-corrected chi connectivity index (χ3v) is 3.76. The van der Waals surface area contributed by atoms with Gasteiger partial charge in [0.05, 0.1) is 17.4 Å². The Morgan fingerprint density at radius 1 is 1.26 bits per heavy atom. The molecule has 0 aliphatic rings. The van der Waals surface area contributed by atoms with Crippen molar-refractivity contribution in [3.63, 3.8) is 0 Å². The number of aromatic amines is 1. The molecule has 3 heterocycles. The number of carbonyl (C=O) groups excluding carboxylic acids is 1. The van der Waals surface area contributed by atoms with E-state index in [1.807, 2.05) is 25.2 Å². The van der Waals surface area contributed by atoms with E-state index in [1.54, 1.807) is 10.9 Å². The zero-order valence-electron chi connectivity index (χ0n) is 12.1. The molecule has 23 heavy (non-hydrogen) atoms. The topological polar surface area (TPSA) is 111 Å². The van der Waals surface area contributed by atoms with Crippen LogP contribution in [0.5, 0.6) is 0 Å². The number of carbonyl (C=O) groups is 1. The first kappa shape index (κ1) is 13.3. The van der Waals surface area contributed by atoms with Gasteiger partial charge in [0, 0.05) is 30.1 Å². The summed E-state index contributed by atoms with van der Waals surface area (Å²) < 4.78 is 2.96. The summed E-state index contributed by atoms with van der Waals surface area (Å²) in [5, 5.41) is 7.78. The van der Waals surface area contributed by atoms with E-state index in [0.717, 1.165) is 16.5 Å². The van der Waals surface area contributed by atoms with Crippen molar-refractivity contribution in [2.75, 3.05) is 0 Å². The van der Waals surface area contributed by atoms with E-state index in [-0.39, 0.29) is 11.3 Å². The lowest BCUT2D eigenvalue weighted by molar-refractivity contribution is 0.0995. The van der Waals surface area contributed by atoms with Crippen molar-refractivity contribution >= 4 is 22.5 Å². The van der Waals surface area contributed by atoms with E-state index in [2.05, 4.69) is 15.2 Å². The number of benzene rings is 1. The first-order chi connectivity index (χ1) is 11.0. The van der Waals surface area contributed by atoms with Gasteiger partial charge >= 0.3 is 0 Å². The maximum Gasteiger partial charge on any atom is 0.273 e. The number of aryl methyl sites for hydroxylation is 1. The predicted octanol–water partition coefficient (Wildman–Crippen LogP) is 0.675. The van der Waals surface area contributed by atoms with Crippen LogP contribution in [0.25, 0.3) is 27.8 Å². The number of aromatic nitrogens is 5. The van der Waals surface area contributed by atoms with E-state index in [4.69, 9.17) is 5.73 Å². The average molecular weight is 308 g/mol. The molecule has 0 saturated carbocycles. The summed E-state index contributed by atoms with van der Waals surface area (Å²) in [5.74, 6) is -0.645. The minimum absolute atomic E-state index is 0.134. The fraction of sp³-hybridized carbons (Fsp3) is 0.0667. The Kier molecular flexibility index (Phi) is 2.61. The Hall–Kier alpha value is -3.42. The summed E-state index contributed by atoms with van der Waals surface area (Å²) in [4.78, 5) is 27.8. The normalized spacial score (nSPS) is 11.3. The van der Waals surface area contributed by atoms with E-state index >= 15 is 0 Å². The predicted molar refractivity (Wildman–Crippen MR) is 84.0 cm³/mol. The summed E-state index contributed by atoms with van der Waals surface area (Å²) in [6.07, 6.45) is 1.76. The van der Waals surface area contributed by atoms with Crippen molar-refractivity contribution in [2.24, 2.45) is 12.8 Å². The first-order valence-corrected chi connectivity index (χ1v) is 6.88. The average Bonchev–Trinajstić information content (AvgIpc) is 3.11. The lowest BCUT2D eigenvalue weighted by Crippen LogP contribution is -2.16. The Morgan fingerprint density at radius 3 is 2.87 bits per heavy atom. The zero-order chi connectivity index (χ0) is 16.1. The van der Waals surface area contributed by atoms with Crippen molar-refractivity contribution in [1.29, 1.82) is 0 Å². The Labute approximate surface area is 129 Å². The lowest BCUT2D eigenvalue weighted by atomic mass is 10.1. The highest BCUT2D eigenvalue weighted by Crippen LogP contribution is 2.22. The second-order valence-corrected chi connectivity index (χ2v) is 5.25. The van der Waals surface area contributed by atoms with Crippen LogP contribution >= 0.6 is 0 Å². The van der Waals surface area contributed by atoms with Crippen LogP contribution in [-0.4, -0.2) is 30.3 Å². The Morgan fingerprint density at radius 2 is 2.09 bits per heavy atom. The van der Waals surface area contributed by atoms with Crippen LogP contribution in [0.4, 0.5) is 0 Å². The van der Waals surface area contributed by atoms with E-state index < -0.39 is 5.91 Å². The number of amides is 1. The molecule has 0 radical (unpaired) electrons. The molecular formula is C15H12N6O2. The molecule has 0 atom stereocenters. The maximum absolute atomic E-state index is 12.2. The Balaban J connectivity index is 1.92. The van der Waals surface area contributed by atoms with Crippen molar-refractivity contribution in [2.45, 2.75) is 0 Å². The fourth-order valence-corrected chi connectivity index (χ4v) is 2.59. The van der Waals surface area contributed by atoms with Gasteiger partial charge in [-0.15, -0.1) is 0 Å². The van der Waals surface area contributed by atoms with Gasteiger partial charge < -0.3 is 5.73 Å². The smallest absolute Gasteiger partial charge is 0.273 e. The Bertz CT molecular complexity index is 1130. The summed E-state index contributed by atoms with van der Waals surface area (Å²) in [6, 6.07) is 8.58. The molecule has 114 valence electrons. The van der Waals surface area contributed by atoms with Crippen LogP contribution in [0.3, 0.4) is 0 Å². The third kappa shape index (κ3) is 2.00. The molecule has 0 unspecified atom stereocenters. The summed E-state index contributed by atoms with van der Waals surface area (Å²) in [6.45, 7) is 0. The van der Waals surface area contributed by atoms with Crippen molar-refractivity contribution < 1.29 is 4.79 Å². The third-order valence-electron chi connectivity index (χ3n) is 3.76. The van der Waals surface area contributed by atoms with Gasteiger partial charge in [0.2, 0.25) is 0 Å². The van der Waals surface area contributed by atoms with Crippen molar-refractivity contribution in [1.82, 2.24) is 24.4 Å². The molecule has 3 aromatic heterocycles. The highest BCUT2D eigenvalue weighted by molar-refractivity contribution is 5.92. The highest BCUT2D eigenvalue weighted by Gasteiger charge is 2.11. The minimum Gasteiger partial charge on any atom is -0.364 e. The summed E-state index contributed by atoms with van der Waals surface area (Å²) in [5.41, 5.74) is 7.69. The molecule has 8 nitrogen and oxygen atoms in total. The van der Waals surface area contributed by atoms with Crippen molar-refractivity contribution in [3.8, 4) is 11.3 Å². The lowest BCUT2D eigenvalue weighted by Gasteiger charge is -2.02. The van der Waals surface area contributed by atoms with Crippen LogP contribution in [0, 0.1) is 0 Å². The van der Waals surface area contributed by atoms with Crippen LogP contribution in [0.15, 0.2) is 41.3 Å². The van der Waals surface area contributed by atoms with Gasteiger partial charge in [-0.3, -0.25) is 19.4 Å². The van der Waals surface area contributed by atoms with Crippen LogP contribution < -0.4 is 11.3 Å². The summed E-state index contributed by atoms with van der Waals surface area (Å²) >= 11 is 0. The first-order valence-electron chi connectivity index (χ1n) is 6.88. The molecule has 3 N–H and O–H groups in total. The molecule has 1 amide bonds. The largest absolute Gasteiger partial charge is 0.364 e. The minimum atomic E-state index is -0.645. The van der Waals surface area contributed by atoms with Gasteiger partial charge in [-0.1, -0.05) is 6.07 Å². The van der Waals surface area contributed by atoms with Gasteiger partial charge in [-0.25, -0.2) is 9.50 Å². The zero-order valence-corrected chi connectivity index (χ0v) is 12.1. The number of nitrogens with two attached hydrogens (primary N) is 1. The fourth-order valence-electron chi connectivity index (χ4n) is 2.59. The summed E-state index contributed by atoms with van der Waals surface area (Å²) in [7, 11) is 1.86. The van der Waals surface area contributed by atoms with Crippen LogP contribution in [-0.2, 0) is 7.05 Å². The molecule has 8 heteroatoms. The highest BCUT2D eigenvalue weighted by atomic mass is 16.1.